The third-order valence-corrected chi connectivity index (χ3v) is 9.70. The van der Waals surface area contributed by atoms with Crippen LogP contribution in [0.2, 0.25) is 7.96 Å². The van der Waals surface area contributed by atoms with Gasteiger partial charge in [-0.2, -0.15) is 0 Å². The summed E-state index contributed by atoms with van der Waals surface area (Å²) in [5.41, 5.74) is 0. The standard InChI is InChI=1S/2C4H9.Pb/c2*1-4(2)3;/h2*4H,1H2,2-3H3;. The van der Waals surface area contributed by atoms with E-state index in [4.69, 9.17) is 0 Å². The molecule has 54 valence electrons. The molecule has 0 atom stereocenters. The van der Waals surface area contributed by atoms with Crippen LogP contribution < -0.4 is 0 Å². The number of hydrogen-bond donors (Lipinski definition) is 0. The molecule has 0 saturated carbocycles. The van der Waals surface area contributed by atoms with Gasteiger partial charge in [-0.15, -0.1) is 0 Å². The molecule has 0 N–H and O–H groups in total. The van der Waals surface area contributed by atoms with Crippen LogP contribution in [0.15, 0.2) is 0 Å². The summed E-state index contributed by atoms with van der Waals surface area (Å²) in [6.45, 7) is 9.36. The second-order valence-corrected chi connectivity index (χ2v) is 8.56. The van der Waals surface area contributed by atoms with Gasteiger partial charge in [0, 0.05) is 0 Å². The zero-order valence-corrected chi connectivity index (χ0v) is 11.0. The fourth-order valence-electron chi connectivity index (χ4n) is 0.661. The molecule has 0 aromatic carbocycles. The summed E-state index contributed by atoms with van der Waals surface area (Å²) in [4.78, 5) is 0. The van der Waals surface area contributed by atoms with Crippen molar-refractivity contribution in [3.63, 3.8) is 0 Å². The van der Waals surface area contributed by atoms with Gasteiger partial charge in [-0.1, -0.05) is 0 Å². The van der Waals surface area contributed by atoms with Crippen molar-refractivity contribution in [2.75, 3.05) is 0 Å². The van der Waals surface area contributed by atoms with Gasteiger partial charge in [0.15, 0.2) is 0 Å². The quantitative estimate of drug-likeness (QED) is 0.699. The van der Waals surface area contributed by atoms with Crippen LogP contribution >= 0.6 is 0 Å². The fourth-order valence-corrected chi connectivity index (χ4v) is 5.80. The summed E-state index contributed by atoms with van der Waals surface area (Å²) in [6, 6.07) is 0. The molecular formula is C8H18Pb. The van der Waals surface area contributed by atoms with E-state index < -0.39 is 0 Å². The average Bonchev–Trinajstić information content (AvgIpc) is 1.63. The van der Waals surface area contributed by atoms with Crippen LogP contribution in [0.4, 0.5) is 0 Å². The SMILES string of the molecule is CC(C)[CH2][Pb][CH2]C(C)C. The van der Waals surface area contributed by atoms with E-state index in [2.05, 4.69) is 27.7 Å². The van der Waals surface area contributed by atoms with E-state index >= 15 is 0 Å². The van der Waals surface area contributed by atoms with Crippen molar-refractivity contribution in [2.24, 2.45) is 11.8 Å². The molecule has 0 rings (SSSR count). The first kappa shape index (κ1) is 9.92. The van der Waals surface area contributed by atoms with Crippen molar-refractivity contribution >= 4 is 24.2 Å². The van der Waals surface area contributed by atoms with Gasteiger partial charge in [0.05, 0.1) is 0 Å². The second kappa shape index (κ2) is 5.69. The third-order valence-electron chi connectivity index (χ3n) is 1.11. The molecule has 0 aliphatic carbocycles. The summed E-state index contributed by atoms with van der Waals surface area (Å²) in [7, 11) is 0. The van der Waals surface area contributed by atoms with Crippen molar-refractivity contribution in [3.05, 3.63) is 0 Å². The predicted molar refractivity (Wildman–Crippen MR) is 45.0 cm³/mol. The Morgan fingerprint density at radius 1 is 0.889 bits per heavy atom. The van der Waals surface area contributed by atoms with Crippen molar-refractivity contribution in [2.45, 2.75) is 35.7 Å². The third kappa shape index (κ3) is 8.92. The molecule has 0 aromatic heterocycles. The zero-order chi connectivity index (χ0) is 7.28. The molecule has 0 nitrogen and oxygen atoms in total. The van der Waals surface area contributed by atoms with Gasteiger partial charge >= 0.3 is 71.7 Å². The summed E-state index contributed by atoms with van der Waals surface area (Å²) >= 11 is -0.122. The molecule has 0 aliphatic rings. The maximum atomic E-state index is 2.34. The van der Waals surface area contributed by atoms with Gasteiger partial charge in [0.2, 0.25) is 0 Å². The fraction of sp³-hybridized carbons (Fsp3) is 1.00. The van der Waals surface area contributed by atoms with Gasteiger partial charge < -0.3 is 0 Å². The first-order chi connectivity index (χ1) is 4.13. The Morgan fingerprint density at radius 3 is 1.44 bits per heavy atom. The average molecular weight is 321 g/mol. The van der Waals surface area contributed by atoms with Crippen LogP contribution in [0.25, 0.3) is 0 Å². The molecule has 0 heterocycles. The van der Waals surface area contributed by atoms with E-state index in [0.717, 1.165) is 11.8 Å². The van der Waals surface area contributed by atoms with Crippen molar-refractivity contribution in [1.82, 2.24) is 0 Å². The van der Waals surface area contributed by atoms with E-state index in [1.54, 1.807) is 7.96 Å². The Morgan fingerprint density at radius 2 is 1.22 bits per heavy atom. The minimum absolute atomic E-state index is 0.122. The van der Waals surface area contributed by atoms with Crippen molar-refractivity contribution < 1.29 is 0 Å². The number of rotatable bonds is 4. The first-order valence-corrected chi connectivity index (χ1v) is 9.33. The topological polar surface area (TPSA) is 0 Å². The van der Waals surface area contributed by atoms with Crippen LogP contribution in [0.3, 0.4) is 0 Å². The van der Waals surface area contributed by atoms with Crippen LogP contribution in [0.1, 0.15) is 27.7 Å². The number of hydrogen-bond acceptors (Lipinski definition) is 0. The molecule has 0 aliphatic heterocycles. The molecule has 0 amide bonds. The molecule has 9 heavy (non-hydrogen) atoms. The maximum absolute atomic E-state index is 2.34. The molecule has 2 radical (unpaired) electrons. The minimum atomic E-state index is -0.122. The Bertz CT molecular complexity index is 49.6. The van der Waals surface area contributed by atoms with Gasteiger partial charge in [-0.05, 0) is 0 Å². The van der Waals surface area contributed by atoms with Crippen LogP contribution in [-0.4, -0.2) is 24.2 Å². The molecule has 0 saturated heterocycles. The molecule has 0 bridgehead atoms. The summed E-state index contributed by atoms with van der Waals surface area (Å²) in [6.07, 6.45) is 0. The zero-order valence-electron chi connectivity index (χ0n) is 7.07. The molecule has 0 aromatic rings. The Hall–Kier alpha value is 0.922. The van der Waals surface area contributed by atoms with E-state index in [0.29, 0.717) is 0 Å². The first-order valence-electron chi connectivity index (χ1n) is 3.83. The van der Waals surface area contributed by atoms with Gasteiger partial charge in [-0.3, -0.25) is 0 Å². The molecule has 0 spiro atoms. The predicted octanol–water partition coefficient (Wildman–Crippen LogP) is 2.84. The summed E-state index contributed by atoms with van der Waals surface area (Å²) in [5, 5.41) is 0. The summed E-state index contributed by atoms with van der Waals surface area (Å²) < 4.78 is 3.19. The van der Waals surface area contributed by atoms with E-state index in [-0.39, 0.29) is 24.2 Å². The van der Waals surface area contributed by atoms with E-state index in [1.807, 2.05) is 0 Å². The molecule has 1 heteroatoms. The molecule has 0 fully saturated rings. The Labute approximate surface area is 71.6 Å². The second-order valence-electron chi connectivity index (χ2n) is 3.45. The van der Waals surface area contributed by atoms with Gasteiger partial charge in [0.25, 0.3) is 0 Å². The van der Waals surface area contributed by atoms with Crippen molar-refractivity contribution in [3.8, 4) is 0 Å². The van der Waals surface area contributed by atoms with Crippen molar-refractivity contribution in [1.29, 1.82) is 0 Å². The van der Waals surface area contributed by atoms with Crippen LogP contribution in [0, 0.1) is 11.8 Å². The summed E-state index contributed by atoms with van der Waals surface area (Å²) in [5.74, 6) is 1.96. The van der Waals surface area contributed by atoms with Crippen LogP contribution in [0.5, 0.6) is 0 Å². The van der Waals surface area contributed by atoms with Gasteiger partial charge in [0.1, 0.15) is 0 Å². The van der Waals surface area contributed by atoms with E-state index in [9.17, 15) is 0 Å². The normalized spacial score (nSPS) is 11.3. The van der Waals surface area contributed by atoms with Crippen LogP contribution in [-0.2, 0) is 0 Å². The molecule has 0 unspecified atom stereocenters. The Kier molecular flexibility index (Phi) is 6.27. The van der Waals surface area contributed by atoms with E-state index in [1.165, 1.54) is 0 Å². The Balaban J connectivity index is 2.91. The molecular weight excluding hydrogens is 303 g/mol. The van der Waals surface area contributed by atoms with Gasteiger partial charge in [-0.25, -0.2) is 0 Å². The monoisotopic (exact) mass is 322 g/mol.